The topological polar surface area (TPSA) is 102 Å². The molecule has 2 aromatic carbocycles. The van der Waals surface area contributed by atoms with Gasteiger partial charge < -0.3 is 14.8 Å². The number of sulfonamides is 1. The van der Waals surface area contributed by atoms with Crippen LogP contribution in [0.15, 0.2) is 53.4 Å². The number of halogens is 1. The molecule has 1 N–H and O–H groups in total. The minimum absolute atomic E-state index is 0.0186. The zero-order valence-electron chi connectivity index (χ0n) is 19.0. The van der Waals surface area contributed by atoms with Gasteiger partial charge in [0.25, 0.3) is 10.0 Å². The Balaban J connectivity index is 1.69. The maximum atomic E-state index is 13.5. The van der Waals surface area contributed by atoms with Crippen LogP contribution in [0.5, 0.6) is 5.75 Å². The molecule has 0 aliphatic heterocycles. The lowest BCUT2D eigenvalue weighted by Gasteiger charge is -2.24. The van der Waals surface area contributed by atoms with Crippen LogP contribution in [0.3, 0.4) is 0 Å². The fourth-order valence-electron chi connectivity index (χ4n) is 3.95. The third-order valence-corrected chi connectivity index (χ3v) is 8.90. The van der Waals surface area contributed by atoms with Crippen molar-refractivity contribution in [2.75, 3.05) is 30.4 Å². The first kappa shape index (κ1) is 25.0. The molecule has 0 bridgehead atoms. The zero-order valence-corrected chi connectivity index (χ0v) is 21.4. The van der Waals surface area contributed by atoms with Crippen molar-refractivity contribution in [3.63, 3.8) is 0 Å². The third kappa shape index (κ3) is 5.00. The number of nitrogens with zero attached hydrogens (tertiary/aromatic N) is 1. The maximum Gasteiger partial charge on any atom is 0.341 e. The van der Waals surface area contributed by atoms with Gasteiger partial charge >= 0.3 is 5.97 Å². The van der Waals surface area contributed by atoms with E-state index in [2.05, 4.69) is 5.32 Å². The molecule has 1 amide bonds. The number of nitrogens with one attached hydrogen (secondary N) is 1. The fraction of sp³-hybridized carbons (Fsp3) is 0.250. The van der Waals surface area contributed by atoms with Crippen molar-refractivity contribution in [1.29, 1.82) is 0 Å². The van der Waals surface area contributed by atoms with E-state index in [1.807, 2.05) is 0 Å². The number of rotatable bonds is 8. The van der Waals surface area contributed by atoms with Gasteiger partial charge in [0.05, 0.1) is 35.4 Å². The number of aryl methyl sites for hydroxylation is 1. The van der Waals surface area contributed by atoms with Crippen LogP contribution in [0.1, 0.15) is 27.2 Å². The summed E-state index contributed by atoms with van der Waals surface area (Å²) in [6, 6.07) is 12.3. The van der Waals surface area contributed by atoms with Crippen molar-refractivity contribution < 1.29 is 27.5 Å². The molecule has 0 fully saturated rings. The van der Waals surface area contributed by atoms with Gasteiger partial charge in [0.15, 0.2) is 0 Å². The van der Waals surface area contributed by atoms with E-state index in [0.717, 1.165) is 34.0 Å². The Morgan fingerprint density at radius 2 is 1.86 bits per heavy atom. The molecule has 4 rings (SSSR count). The fourth-order valence-corrected chi connectivity index (χ4v) is 6.93. The van der Waals surface area contributed by atoms with E-state index >= 15 is 0 Å². The summed E-state index contributed by atoms with van der Waals surface area (Å²) in [7, 11) is -1.39. The number of carbonyl (C=O) groups excluding carboxylic acids is 2. The van der Waals surface area contributed by atoms with Crippen molar-refractivity contribution in [3.05, 3.63) is 69.6 Å². The number of hydrogen-bond acceptors (Lipinski definition) is 7. The van der Waals surface area contributed by atoms with Crippen LogP contribution in [0, 0.1) is 0 Å². The maximum absolute atomic E-state index is 13.5. The van der Waals surface area contributed by atoms with E-state index in [1.54, 1.807) is 18.2 Å². The van der Waals surface area contributed by atoms with Crippen LogP contribution in [-0.2, 0) is 32.4 Å². The van der Waals surface area contributed by atoms with E-state index < -0.39 is 28.4 Å². The number of amides is 1. The van der Waals surface area contributed by atoms with Gasteiger partial charge in [-0.15, -0.1) is 11.3 Å². The number of ether oxygens (including phenoxy) is 2. The van der Waals surface area contributed by atoms with Gasteiger partial charge in [-0.05, 0) is 55.2 Å². The number of carbonyl (C=O) groups is 2. The lowest BCUT2D eigenvalue weighted by atomic mass is 10.1. The largest absolute Gasteiger partial charge is 0.495 e. The van der Waals surface area contributed by atoms with Crippen LogP contribution < -0.4 is 14.4 Å². The second-order valence-electron chi connectivity index (χ2n) is 7.74. The van der Waals surface area contributed by atoms with Crippen LogP contribution in [0.4, 0.5) is 10.7 Å². The predicted octanol–water partition coefficient (Wildman–Crippen LogP) is 4.52. The Hall–Kier alpha value is -3.08. The van der Waals surface area contributed by atoms with E-state index in [9.17, 15) is 18.0 Å². The highest BCUT2D eigenvalue weighted by atomic mass is 35.5. The van der Waals surface area contributed by atoms with Gasteiger partial charge in [0.1, 0.15) is 17.3 Å². The lowest BCUT2D eigenvalue weighted by Crippen LogP contribution is -2.38. The van der Waals surface area contributed by atoms with Crippen LogP contribution in [0.2, 0.25) is 5.02 Å². The van der Waals surface area contributed by atoms with E-state index in [1.165, 1.54) is 55.9 Å². The molecule has 184 valence electrons. The molecule has 0 atom stereocenters. The van der Waals surface area contributed by atoms with Gasteiger partial charge in [0, 0.05) is 4.88 Å². The molecule has 3 aromatic rings. The van der Waals surface area contributed by atoms with E-state index in [-0.39, 0.29) is 15.6 Å². The number of hydrogen-bond donors (Lipinski definition) is 1. The monoisotopic (exact) mass is 534 g/mol. The van der Waals surface area contributed by atoms with Crippen molar-refractivity contribution in [2.45, 2.75) is 24.2 Å². The Morgan fingerprint density at radius 3 is 2.51 bits per heavy atom. The molecule has 1 aliphatic rings. The van der Waals surface area contributed by atoms with Gasteiger partial charge in [-0.2, -0.15) is 0 Å². The zero-order chi connectivity index (χ0) is 25.2. The summed E-state index contributed by atoms with van der Waals surface area (Å²) in [4.78, 5) is 26.6. The average Bonchev–Trinajstić information content (AvgIpc) is 3.43. The molecular formula is C24H23ClN2O6S2. The number of benzene rings is 2. The molecule has 35 heavy (non-hydrogen) atoms. The number of esters is 1. The number of fused-ring (bicyclic) bond motifs is 1. The minimum Gasteiger partial charge on any atom is -0.495 e. The molecule has 0 saturated carbocycles. The van der Waals surface area contributed by atoms with Crippen molar-refractivity contribution in [3.8, 4) is 5.75 Å². The number of methoxy groups -OCH3 is 2. The second kappa shape index (κ2) is 10.3. The predicted molar refractivity (Wildman–Crippen MR) is 135 cm³/mol. The molecule has 1 aliphatic carbocycles. The normalized spacial score (nSPS) is 12.7. The third-order valence-electron chi connectivity index (χ3n) is 5.61. The molecule has 11 heteroatoms. The first-order chi connectivity index (χ1) is 16.8. The molecular weight excluding hydrogens is 512 g/mol. The summed E-state index contributed by atoms with van der Waals surface area (Å²) in [5.74, 6) is -0.773. The summed E-state index contributed by atoms with van der Waals surface area (Å²) in [6.45, 7) is -0.539. The van der Waals surface area contributed by atoms with Gasteiger partial charge in [-0.1, -0.05) is 29.8 Å². The van der Waals surface area contributed by atoms with Crippen LogP contribution >= 0.6 is 22.9 Å². The number of thiophene rings is 1. The molecule has 0 unspecified atom stereocenters. The summed E-state index contributed by atoms with van der Waals surface area (Å²) in [6.07, 6.45) is 2.48. The summed E-state index contributed by atoms with van der Waals surface area (Å²) >= 11 is 7.57. The summed E-state index contributed by atoms with van der Waals surface area (Å²) in [5.41, 5.74) is 1.41. The molecule has 0 spiro atoms. The molecule has 0 radical (unpaired) electrons. The summed E-state index contributed by atoms with van der Waals surface area (Å²) < 4.78 is 38.1. The smallest absolute Gasteiger partial charge is 0.341 e. The second-order valence-corrected chi connectivity index (χ2v) is 11.1. The van der Waals surface area contributed by atoms with Crippen molar-refractivity contribution in [2.24, 2.45) is 0 Å². The SMILES string of the molecule is COC(=O)c1c(NC(=O)CN(c2ccc(OC)c(Cl)c2)S(=O)(=O)c2ccccc2)sc2c1CCC2. The minimum atomic E-state index is -4.12. The Labute approximate surface area is 212 Å². The van der Waals surface area contributed by atoms with E-state index in [4.69, 9.17) is 21.1 Å². The highest BCUT2D eigenvalue weighted by molar-refractivity contribution is 7.92. The lowest BCUT2D eigenvalue weighted by molar-refractivity contribution is -0.114. The Morgan fingerprint density at radius 1 is 1.11 bits per heavy atom. The highest BCUT2D eigenvalue weighted by Gasteiger charge is 2.31. The van der Waals surface area contributed by atoms with Crippen LogP contribution in [-0.4, -0.2) is 41.1 Å². The highest BCUT2D eigenvalue weighted by Crippen LogP contribution is 2.39. The first-order valence-corrected chi connectivity index (χ1v) is 13.3. The van der Waals surface area contributed by atoms with Gasteiger partial charge in [-0.3, -0.25) is 9.10 Å². The van der Waals surface area contributed by atoms with Gasteiger partial charge in [0.2, 0.25) is 5.91 Å². The standard InChI is InChI=1S/C24H23ClN2O6S2/c1-32-19-12-11-15(13-18(19)25)27(35(30,31)16-7-4-3-5-8-16)14-21(28)26-23-22(24(29)33-2)17-9-6-10-20(17)34-23/h3-5,7-8,11-13H,6,9-10,14H2,1-2H3,(H,26,28). The van der Waals surface area contributed by atoms with Crippen LogP contribution in [0.25, 0.3) is 0 Å². The van der Waals surface area contributed by atoms with E-state index in [0.29, 0.717) is 16.3 Å². The molecule has 8 nitrogen and oxygen atoms in total. The molecule has 1 aromatic heterocycles. The average molecular weight is 535 g/mol. The Kier molecular flexibility index (Phi) is 7.34. The first-order valence-electron chi connectivity index (χ1n) is 10.7. The molecule has 0 saturated heterocycles. The molecule has 1 heterocycles. The van der Waals surface area contributed by atoms with Crippen molar-refractivity contribution in [1.82, 2.24) is 0 Å². The summed E-state index contributed by atoms with van der Waals surface area (Å²) in [5, 5.41) is 3.28. The Bertz CT molecular complexity index is 1370. The quantitative estimate of drug-likeness (QED) is 0.426. The van der Waals surface area contributed by atoms with Crippen molar-refractivity contribution >= 4 is 55.5 Å². The van der Waals surface area contributed by atoms with Gasteiger partial charge in [-0.25, -0.2) is 13.2 Å². The number of anilines is 2.